The van der Waals surface area contributed by atoms with E-state index in [9.17, 15) is 14.4 Å². The molecule has 3 aromatic carbocycles. The van der Waals surface area contributed by atoms with E-state index >= 15 is 0 Å². The zero-order valence-corrected chi connectivity index (χ0v) is 22.2. The number of methoxy groups -OCH3 is 2. The summed E-state index contributed by atoms with van der Waals surface area (Å²) in [6, 6.07) is 20.6. The standard InChI is InChI=1S/C30H35N3O5/c1-20(2)17-27(30(36)32-19-22-11-15-24(38-4)16-12-22)33-29(35)26-8-6-5-7-25(26)28(34)31-18-21-9-13-23(37-3)14-10-21/h5-16,20,27H,17-19H2,1-4H3,(H,31,34)(H,32,36)(H,33,35). The summed E-state index contributed by atoms with van der Waals surface area (Å²) in [4.78, 5) is 39.2. The third kappa shape index (κ3) is 8.09. The third-order valence-electron chi connectivity index (χ3n) is 5.98. The van der Waals surface area contributed by atoms with Gasteiger partial charge in [-0.3, -0.25) is 14.4 Å². The van der Waals surface area contributed by atoms with E-state index in [2.05, 4.69) is 16.0 Å². The molecule has 0 aliphatic rings. The normalized spacial score (nSPS) is 11.4. The molecule has 0 heterocycles. The summed E-state index contributed by atoms with van der Waals surface area (Å²) in [6.07, 6.45) is 0.450. The molecule has 0 aliphatic carbocycles. The van der Waals surface area contributed by atoms with Crippen molar-refractivity contribution in [3.05, 3.63) is 95.1 Å². The molecule has 3 N–H and O–H groups in total. The van der Waals surface area contributed by atoms with Gasteiger partial charge in [0, 0.05) is 13.1 Å². The van der Waals surface area contributed by atoms with Crippen molar-refractivity contribution in [2.45, 2.75) is 39.4 Å². The molecule has 8 nitrogen and oxygen atoms in total. The van der Waals surface area contributed by atoms with E-state index < -0.39 is 11.9 Å². The number of benzene rings is 3. The van der Waals surface area contributed by atoms with Crippen molar-refractivity contribution in [1.29, 1.82) is 0 Å². The Hall–Kier alpha value is -4.33. The van der Waals surface area contributed by atoms with Crippen LogP contribution in [0.1, 0.15) is 52.1 Å². The summed E-state index contributed by atoms with van der Waals surface area (Å²) in [5, 5.41) is 8.59. The lowest BCUT2D eigenvalue weighted by Crippen LogP contribution is -2.47. The molecule has 3 rings (SSSR count). The lowest BCUT2D eigenvalue weighted by atomic mass is 10.0. The molecular formula is C30H35N3O5. The Bertz CT molecular complexity index is 1220. The smallest absolute Gasteiger partial charge is 0.252 e. The number of hydrogen-bond acceptors (Lipinski definition) is 5. The van der Waals surface area contributed by atoms with Crippen LogP contribution in [0.2, 0.25) is 0 Å². The van der Waals surface area contributed by atoms with Crippen LogP contribution in [0.15, 0.2) is 72.8 Å². The zero-order valence-electron chi connectivity index (χ0n) is 22.2. The van der Waals surface area contributed by atoms with Gasteiger partial charge in [-0.25, -0.2) is 0 Å². The van der Waals surface area contributed by atoms with Crippen molar-refractivity contribution in [2.75, 3.05) is 14.2 Å². The quantitative estimate of drug-likeness (QED) is 0.336. The molecule has 1 unspecified atom stereocenters. The van der Waals surface area contributed by atoms with Crippen LogP contribution >= 0.6 is 0 Å². The molecular weight excluding hydrogens is 482 g/mol. The number of ether oxygens (including phenoxy) is 2. The van der Waals surface area contributed by atoms with Crippen molar-refractivity contribution in [1.82, 2.24) is 16.0 Å². The number of nitrogens with one attached hydrogen (secondary N) is 3. The van der Waals surface area contributed by atoms with Gasteiger partial charge in [-0.05, 0) is 59.9 Å². The average molecular weight is 518 g/mol. The number of amides is 3. The maximum absolute atomic E-state index is 13.3. The first-order chi connectivity index (χ1) is 18.3. The molecule has 0 spiro atoms. The van der Waals surface area contributed by atoms with Crippen LogP contribution in [-0.2, 0) is 17.9 Å². The van der Waals surface area contributed by atoms with Gasteiger partial charge in [-0.1, -0.05) is 50.2 Å². The van der Waals surface area contributed by atoms with Crippen LogP contribution in [-0.4, -0.2) is 38.0 Å². The van der Waals surface area contributed by atoms with Crippen LogP contribution < -0.4 is 25.4 Å². The fraction of sp³-hybridized carbons (Fsp3) is 0.300. The second-order valence-corrected chi connectivity index (χ2v) is 9.30. The highest BCUT2D eigenvalue weighted by molar-refractivity contribution is 6.08. The van der Waals surface area contributed by atoms with E-state index in [-0.39, 0.29) is 28.9 Å². The molecule has 0 radical (unpaired) electrons. The number of carbonyl (C=O) groups excluding carboxylic acids is 3. The van der Waals surface area contributed by atoms with Crippen molar-refractivity contribution in [3.63, 3.8) is 0 Å². The first-order valence-electron chi connectivity index (χ1n) is 12.5. The molecule has 0 aromatic heterocycles. The minimum absolute atomic E-state index is 0.162. The molecule has 8 heteroatoms. The van der Waals surface area contributed by atoms with Crippen LogP contribution in [0.5, 0.6) is 11.5 Å². The van der Waals surface area contributed by atoms with Gasteiger partial charge in [0.05, 0.1) is 25.3 Å². The maximum Gasteiger partial charge on any atom is 0.252 e. The topological polar surface area (TPSA) is 106 Å². The zero-order chi connectivity index (χ0) is 27.5. The Morgan fingerprint density at radius 2 is 1.16 bits per heavy atom. The van der Waals surface area contributed by atoms with Crippen LogP contribution in [0.3, 0.4) is 0 Å². The molecule has 3 amide bonds. The largest absolute Gasteiger partial charge is 0.497 e. The second kappa shape index (κ2) is 13.8. The molecule has 38 heavy (non-hydrogen) atoms. The SMILES string of the molecule is COc1ccc(CNC(=O)c2ccccc2C(=O)NC(CC(C)C)C(=O)NCc2ccc(OC)cc2)cc1. The molecule has 0 fully saturated rings. The molecule has 3 aromatic rings. The summed E-state index contributed by atoms with van der Waals surface area (Å²) in [5.41, 5.74) is 2.25. The Balaban J connectivity index is 1.66. The summed E-state index contributed by atoms with van der Waals surface area (Å²) in [7, 11) is 3.19. The maximum atomic E-state index is 13.3. The van der Waals surface area contributed by atoms with Gasteiger partial charge in [0.25, 0.3) is 11.8 Å². The van der Waals surface area contributed by atoms with Crippen molar-refractivity contribution < 1.29 is 23.9 Å². The summed E-state index contributed by atoms with van der Waals surface area (Å²) < 4.78 is 10.3. The number of hydrogen-bond donors (Lipinski definition) is 3. The third-order valence-corrected chi connectivity index (χ3v) is 5.98. The van der Waals surface area contributed by atoms with Crippen molar-refractivity contribution >= 4 is 17.7 Å². The highest BCUT2D eigenvalue weighted by Crippen LogP contribution is 2.15. The van der Waals surface area contributed by atoms with E-state index in [4.69, 9.17) is 9.47 Å². The lowest BCUT2D eigenvalue weighted by molar-refractivity contribution is -0.123. The van der Waals surface area contributed by atoms with E-state index in [1.54, 1.807) is 38.5 Å². The fourth-order valence-electron chi connectivity index (χ4n) is 3.89. The molecule has 0 saturated heterocycles. The number of rotatable bonds is 12. The predicted molar refractivity (Wildman–Crippen MR) is 146 cm³/mol. The summed E-state index contributed by atoms with van der Waals surface area (Å²) in [5.74, 6) is 0.476. The van der Waals surface area contributed by atoms with Gasteiger partial charge < -0.3 is 25.4 Å². The average Bonchev–Trinajstić information content (AvgIpc) is 2.94. The van der Waals surface area contributed by atoms with Crippen LogP contribution in [0, 0.1) is 5.92 Å². The molecule has 0 bridgehead atoms. The predicted octanol–water partition coefficient (Wildman–Crippen LogP) is 4.09. The van der Waals surface area contributed by atoms with E-state index in [0.29, 0.717) is 19.5 Å². The van der Waals surface area contributed by atoms with E-state index in [0.717, 1.165) is 22.6 Å². The van der Waals surface area contributed by atoms with Crippen LogP contribution in [0.25, 0.3) is 0 Å². The van der Waals surface area contributed by atoms with Gasteiger partial charge in [0.1, 0.15) is 17.5 Å². The lowest BCUT2D eigenvalue weighted by Gasteiger charge is -2.21. The minimum atomic E-state index is -0.754. The second-order valence-electron chi connectivity index (χ2n) is 9.30. The molecule has 0 aliphatic heterocycles. The Morgan fingerprint density at radius 3 is 1.63 bits per heavy atom. The minimum Gasteiger partial charge on any atom is -0.497 e. The Kier molecular flexibility index (Phi) is 10.3. The highest BCUT2D eigenvalue weighted by Gasteiger charge is 2.24. The van der Waals surface area contributed by atoms with Crippen molar-refractivity contribution in [3.8, 4) is 11.5 Å². The van der Waals surface area contributed by atoms with Crippen LogP contribution in [0.4, 0.5) is 0 Å². The summed E-state index contributed by atoms with van der Waals surface area (Å²) in [6.45, 7) is 4.58. The van der Waals surface area contributed by atoms with Gasteiger partial charge >= 0.3 is 0 Å². The molecule has 200 valence electrons. The first-order valence-corrected chi connectivity index (χ1v) is 12.5. The fourth-order valence-corrected chi connectivity index (χ4v) is 3.89. The monoisotopic (exact) mass is 517 g/mol. The van der Waals surface area contributed by atoms with Gasteiger partial charge in [-0.2, -0.15) is 0 Å². The highest BCUT2D eigenvalue weighted by atomic mass is 16.5. The van der Waals surface area contributed by atoms with E-state index in [1.807, 2.05) is 62.4 Å². The Labute approximate surface area is 223 Å². The Morgan fingerprint density at radius 1 is 0.684 bits per heavy atom. The van der Waals surface area contributed by atoms with Gasteiger partial charge in [0.2, 0.25) is 5.91 Å². The van der Waals surface area contributed by atoms with E-state index in [1.165, 1.54) is 0 Å². The number of carbonyl (C=O) groups is 3. The van der Waals surface area contributed by atoms with Gasteiger partial charge in [0.15, 0.2) is 0 Å². The summed E-state index contributed by atoms with van der Waals surface area (Å²) >= 11 is 0. The first kappa shape index (κ1) is 28.2. The van der Waals surface area contributed by atoms with Crippen molar-refractivity contribution in [2.24, 2.45) is 5.92 Å². The molecule has 0 saturated carbocycles. The molecule has 1 atom stereocenters. The van der Waals surface area contributed by atoms with Gasteiger partial charge in [-0.15, -0.1) is 0 Å².